The molecule has 2 aromatic rings. The highest BCUT2D eigenvalue weighted by Crippen LogP contribution is 2.32. The molecule has 0 heterocycles. The van der Waals surface area contributed by atoms with E-state index in [2.05, 4.69) is 30.8 Å². The van der Waals surface area contributed by atoms with Crippen LogP contribution in [0.15, 0.2) is 52.4 Å². The summed E-state index contributed by atoms with van der Waals surface area (Å²) in [5.74, 6) is 0.537. The lowest BCUT2D eigenvalue weighted by atomic mass is 9.85. The third-order valence-corrected chi connectivity index (χ3v) is 3.85. The Bertz CT molecular complexity index is 759. The zero-order valence-corrected chi connectivity index (χ0v) is 15.1. The van der Waals surface area contributed by atoms with Gasteiger partial charge in [-0.15, -0.1) is 0 Å². The minimum absolute atomic E-state index is 0.106. The molecule has 2 rings (SSSR count). The van der Waals surface area contributed by atoms with E-state index in [-0.39, 0.29) is 11.2 Å². The predicted molar refractivity (Wildman–Crippen MR) is 104 cm³/mol. The summed E-state index contributed by atoms with van der Waals surface area (Å²) in [6.45, 7) is 7.50. The Hall–Kier alpha value is -2.62. The third kappa shape index (κ3) is 5.45. The number of rotatable bonds is 6. The summed E-state index contributed by atoms with van der Waals surface area (Å²) >= 11 is 0. The molecule has 0 saturated carbocycles. The van der Waals surface area contributed by atoms with E-state index < -0.39 is 0 Å². The van der Waals surface area contributed by atoms with Gasteiger partial charge in [0, 0.05) is 36.6 Å². The second-order valence-electron chi connectivity index (χ2n) is 6.98. The minimum Gasteiger partial charge on any atom is -0.507 e. The summed E-state index contributed by atoms with van der Waals surface area (Å²) in [6, 6.07) is 12.9. The van der Waals surface area contributed by atoms with Gasteiger partial charge < -0.3 is 10.2 Å². The van der Waals surface area contributed by atoms with Crippen molar-refractivity contribution in [3.8, 4) is 11.5 Å². The number of aliphatic imine (C=N–C) groups is 2. The van der Waals surface area contributed by atoms with Crippen LogP contribution in [0.5, 0.6) is 11.5 Å². The third-order valence-electron chi connectivity index (χ3n) is 3.85. The first-order valence-electron chi connectivity index (χ1n) is 8.49. The van der Waals surface area contributed by atoms with Gasteiger partial charge in [0.15, 0.2) is 0 Å². The summed E-state index contributed by atoms with van der Waals surface area (Å²) in [4.78, 5) is 8.68. The van der Waals surface area contributed by atoms with Crippen LogP contribution in [0, 0.1) is 0 Å². The molecular formula is C21H26N2O2. The Balaban J connectivity index is 1.85. The quantitative estimate of drug-likeness (QED) is 0.608. The number of phenols is 2. The van der Waals surface area contributed by atoms with Crippen LogP contribution in [-0.4, -0.2) is 35.7 Å². The van der Waals surface area contributed by atoms with Gasteiger partial charge in [-0.2, -0.15) is 0 Å². The molecule has 0 aliphatic rings. The molecule has 25 heavy (non-hydrogen) atoms. The summed E-state index contributed by atoms with van der Waals surface area (Å²) < 4.78 is 0. The fourth-order valence-electron chi connectivity index (χ4n) is 2.45. The van der Waals surface area contributed by atoms with Crippen LogP contribution in [0.4, 0.5) is 0 Å². The highest BCUT2D eigenvalue weighted by atomic mass is 16.3. The molecule has 0 amide bonds. The Morgan fingerprint density at radius 1 is 0.840 bits per heavy atom. The van der Waals surface area contributed by atoms with Gasteiger partial charge >= 0.3 is 0 Å². The van der Waals surface area contributed by atoms with E-state index in [0.717, 1.165) is 23.1 Å². The number of hydrogen-bond acceptors (Lipinski definition) is 4. The maximum absolute atomic E-state index is 10.4. The Morgan fingerprint density at radius 3 is 2.08 bits per heavy atom. The van der Waals surface area contributed by atoms with Crippen molar-refractivity contribution in [2.45, 2.75) is 32.6 Å². The minimum atomic E-state index is -0.106. The van der Waals surface area contributed by atoms with Gasteiger partial charge in [0.05, 0.1) is 0 Å². The fraction of sp³-hybridized carbons (Fsp3) is 0.333. The first-order chi connectivity index (χ1) is 11.9. The number of phenolic OH excluding ortho intramolecular Hbond substituents is 2. The monoisotopic (exact) mass is 338 g/mol. The lowest BCUT2D eigenvalue weighted by Gasteiger charge is -2.21. The molecule has 2 aromatic carbocycles. The molecule has 0 aliphatic heterocycles. The van der Waals surface area contributed by atoms with Gasteiger partial charge in [-0.05, 0) is 35.6 Å². The van der Waals surface area contributed by atoms with Gasteiger partial charge in [0.25, 0.3) is 0 Å². The van der Waals surface area contributed by atoms with Crippen molar-refractivity contribution in [2.24, 2.45) is 9.98 Å². The average Bonchev–Trinajstić information content (AvgIpc) is 2.56. The van der Waals surface area contributed by atoms with Crippen LogP contribution in [-0.2, 0) is 5.41 Å². The van der Waals surface area contributed by atoms with Crippen LogP contribution in [0.25, 0.3) is 0 Å². The Morgan fingerprint density at radius 2 is 1.44 bits per heavy atom. The molecule has 132 valence electrons. The maximum Gasteiger partial charge on any atom is 0.128 e. The molecule has 0 aliphatic carbocycles. The van der Waals surface area contributed by atoms with Crippen LogP contribution in [0.3, 0.4) is 0 Å². The molecule has 2 N–H and O–H groups in total. The standard InChI is InChI=1S/C21H26N2O2/c1-21(2,3)18-10-6-9-17(20(18)25)15-23-13-7-12-22-14-16-8-4-5-11-19(16)24/h4-6,8-11,14-15,24-25H,7,12-13H2,1-3H3. The van der Waals surface area contributed by atoms with E-state index in [1.165, 1.54) is 0 Å². The van der Waals surface area contributed by atoms with Crippen LogP contribution in [0.1, 0.15) is 43.9 Å². The zero-order valence-electron chi connectivity index (χ0n) is 15.1. The van der Waals surface area contributed by atoms with E-state index in [9.17, 15) is 10.2 Å². The molecule has 0 saturated heterocycles. The van der Waals surface area contributed by atoms with E-state index in [0.29, 0.717) is 18.8 Å². The number of hydrogen-bond donors (Lipinski definition) is 2. The molecule has 0 radical (unpaired) electrons. The van der Waals surface area contributed by atoms with E-state index in [1.807, 2.05) is 30.3 Å². The predicted octanol–water partition coefficient (Wildman–Crippen LogP) is 4.32. The van der Waals surface area contributed by atoms with Crippen molar-refractivity contribution < 1.29 is 10.2 Å². The highest BCUT2D eigenvalue weighted by molar-refractivity contribution is 5.84. The second-order valence-corrected chi connectivity index (χ2v) is 6.98. The Kier molecular flexibility index (Phi) is 6.34. The van der Waals surface area contributed by atoms with Crippen LogP contribution >= 0.6 is 0 Å². The van der Waals surface area contributed by atoms with Gasteiger partial charge in [-0.1, -0.05) is 45.0 Å². The van der Waals surface area contributed by atoms with Gasteiger partial charge in [-0.25, -0.2) is 0 Å². The molecule has 0 spiro atoms. The lowest BCUT2D eigenvalue weighted by molar-refractivity contribution is 0.446. The van der Waals surface area contributed by atoms with Crippen molar-refractivity contribution in [3.63, 3.8) is 0 Å². The number of nitrogens with zero attached hydrogens (tertiary/aromatic N) is 2. The van der Waals surface area contributed by atoms with E-state index in [4.69, 9.17) is 0 Å². The summed E-state index contributed by atoms with van der Waals surface area (Å²) in [7, 11) is 0. The maximum atomic E-state index is 10.4. The molecule has 0 aromatic heterocycles. The Labute approximate surface area is 149 Å². The van der Waals surface area contributed by atoms with Crippen LogP contribution in [0.2, 0.25) is 0 Å². The van der Waals surface area contributed by atoms with E-state index in [1.54, 1.807) is 24.6 Å². The smallest absolute Gasteiger partial charge is 0.128 e. The lowest BCUT2D eigenvalue weighted by Crippen LogP contribution is -2.11. The molecule has 4 nitrogen and oxygen atoms in total. The zero-order chi connectivity index (χ0) is 18.3. The molecule has 0 bridgehead atoms. The molecule has 0 fully saturated rings. The van der Waals surface area contributed by atoms with Gasteiger partial charge in [-0.3, -0.25) is 9.98 Å². The fourth-order valence-corrected chi connectivity index (χ4v) is 2.45. The van der Waals surface area contributed by atoms with Gasteiger partial charge in [0.1, 0.15) is 11.5 Å². The molecular weight excluding hydrogens is 312 g/mol. The number of para-hydroxylation sites is 2. The topological polar surface area (TPSA) is 65.2 Å². The van der Waals surface area contributed by atoms with Crippen molar-refractivity contribution in [1.29, 1.82) is 0 Å². The SMILES string of the molecule is CC(C)(C)c1cccc(C=NCCCN=Cc2ccccc2O)c1O. The first-order valence-corrected chi connectivity index (χ1v) is 8.49. The van der Waals surface area contributed by atoms with Crippen molar-refractivity contribution in [1.82, 2.24) is 0 Å². The average molecular weight is 338 g/mol. The summed E-state index contributed by atoms with van der Waals surface area (Å²) in [5, 5.41) is 20.0. The van der Waals surface area contributed by atoms with Gasteiger partial charge in [0.2, 0.25) is 0 Å². The molecule has 0 atom stereocenters. The number of benzene rings is 2. The van der Waals surface area contributed by atoms with Crippen molar-refractivity contribution >= 4 is 12.4 Å². The number of aromatic hydroxyl groups is 2. The largest absolute Gasteiger partial charge is 0.507 e. The normalized spacial score (nSPS) is 12.3. The molecule has 4 heteroatoms. The second kappa shape index (κ2) is 8.47. The van der Waals surface area contributed by atoms with Crippen molar-refractivity contribution in [3.05, 3.63) is 59.2 Å². The summed E-state index contributed by atoms with van der Waals surface area (Å²) in [6.07, 6.45) is 4.20. The van der Waals surface area contributed by atoms with E-state index >= 15 is 0 Å². The van der Waals surface area contributed by atoms with Crippen molar-refractivity contribution in [2.75, 3.05) is 13.1 Å². The van der Waals surface area contributed by atoms with Crippen LogP contribution < -0.4 is 0 Å². The highest BCUT2D eigenvalue weighted by Gasteiger charge is 2.18. The first kappa shape index (κ1) is 18.7. The molecule has 0 unspecified atom stereocenters. The summed E-state index contributed by atoms with van der Waals surface area (Å²) in [5.41, 5.74) is 2.27.